The molecule has 0 spiro atoms. The molecule has 1 saturated heterocycles. The van der Waals surface area contributed by atoms with Crippen molar-refractivity contribution in [2.24, 2.45) is 0 Å². The van der Waals surface area contributed by atoms with E-state index in [0.717, 1.165) is 17.8 Å². The lowest BCUT2D eigenvalue weighted by Gasteiger charge is -2.39. The smallest absolute Gasteiger partial charge is 0.228 e. The second-order valence-corrected chi connectivity index (χ2v) is 8.42. The van der Waals surface area contributed by atoms with Crippen LogP contribution in [0.3, 0.4) is 0 Å². The van der Waals surface area contributed by atoms with E-state index >= 15 is 4.39 Å². The van der Waals surface area contributed by atoms with Gasteiger partial charge < -0.3 is 21.7 Å². The Labute approximate surface area is 174 Å². The van der Waals surface area contributed by atoms with Crippen molar-refractivity contribution in [1.29, 1.82) is 0 Å². The molecule has 29 heavy (non-hydrogen) atoms. The van der Waals surface area contributed by atoms with Crippen molar-refractivity contribution in [3.05, 3.63) is 35.1 Å². The summed E-state index contributed by atoms with van der Waals surface area (Å²) >= 11 is 7.82. The van der Waals surface area contributed by atoms with Crippen molar-refractivity contribution >= 4 is 61.0 Å². The summed E-state index contributed by atoms with van der Waals surface area (Å²) in [7, 11) is 1.90. The fourth-order valence-electron chi connectivity index (χ4n) is 3.59. The zero-order valence-corrected chi connectivity index (χ0v) is 17.0. The van der Waals surface area contributed by atoms with Crippen LogP contribution in [0.5, 0.6) is 0 Å². The van der Waals surface area contributed by atoms with Crippen molar-refractivity contribution in [3.63, 3.8) is 0 Å². The molecule has 0 saturated carbocycles. The summed E-state index contributed by atoms with van der Waals surface area (Å²) in [5.41, 5.74) is 13.5. The number of hydrogen-bond donors (Lipinski definition) is 3. The minimum Gasteiger partial charge on any atom is -0.383 e. The Morgan fingerprint density at radius 1 is 1.21 bits per heavy atom. The molecule has 7 nitrogen and oxygen atoms in total. The van der Waals surface area contributed by atoms with Gasteiger partial charge in [-0.1, -0.05) is 35.1 Å². The lowest BCUT2D eigenvalue weighted by Crippen LogP contribution is -2.57. The predicted octanol–water partition coefficient (Wildman–Crippen LogP) is 3.27. The van der Waals surface area contributed by atoms with E-state index in [9.17, 15) is 0 Å². The van der Waals surface area contributed by atoms with Crippen LogP contribution in [0.4, 0.5) is 21.3 Å². The van der Waals surface area contributed by atoms with Gasteiger partial charge in [0.15, 0.2) is 10.9 Å². The Morgan fingerprint density at radius 2 is 2.00 bits per heavy atom. The average molecular weight is 430 g/mol. The number of halogens is 2. The van der Waals surface area contributed by atoms with Crippen LogP contribution >= 0.6 is 22.9 Å². The third-order valence-corrected chi connectivity index (χ3v) is 6.33. The van der Waals surface area contributed by atoms with Gasteiger partial charge in [-0.3, -0.25) is 0 Å². The fourth-order valence-corrected chi connectivity index (χ4v) is 4.64. The molecule has 1 fully saturated rings. The number of anilines is 3. The number of nitrogens with two attached hydrogens (primary N) is 2. The number of nitrogens with one attached hydrogen (secondary N) is 1. The summed E-state index contributed by atoms with van der Waals surface area (Å²) in [6, 6.07) is 7.45. The second-order valence-electron chi connectivity index (χ2n) is 6.95. The second kappa shape index (κ2) is 6.65. The Balaban J connectivity index is 1.72. The number of para-hydroxylation sites is 1. The van der Waals surface area contributed by atoms with Crippen LogP contribution in [-0.4, -0.2) is 41.1 Å². The highest BCUT2D eigenvalue weighted by atomic mass is 35.5. The van der Waals surface area contributed by atoms with E-state index in [1.54, 1.807) is 12.1 Å². The SMILES string of the molecule is CNC1CN(c2nc(N)c3cc(Cl)c(-c4cccc5sc(N)nc45)c(F)c3n2)C1. The van der Waals surface area contributed by atoms with Gasteiger partial charge >= 0.3 is 0 Å². The number of nitrogens with zero attached hydrogens (tertiary/aromatic N) is 4. The molecule has 1 aliphatic rings. The maximum Gasteiger partial charge on any atom is 0.228 e. The van der Waals surface area contributed by atoms with Crippen LogP contribution in [0.2, 0.25) is 5.02 Å². The fraction of sp³-hybridized carbons (Fsp3) is 0.211. The third kappa shape index (κ3) is 2.85. The maximum absolute atomic E-state index is 15.7. The van der Waals surface area contributed by atoms with Crippen molar-refractivity contribution < 1.29 is 4.39 Å². The van der Waals surface area contributed by atoms with Gasteiger partial charge in [0, 0.05) is 35.6 Å². The molecule has 0 amide bonds. The topological polar surface area (TPSA) is 106 Å². The molecule has 0 atom stereocenters. The number of hydrogen-bond acceptors (Lipinski definition) is 8. The van der Waals surface area contributed by atoms with E-state index in [1.807, 2.05) is 24.1 Å². The minimum atomic E-state index is -0.549. The first-order chi connectivity index (χ1) is 14.0. The highest BCUT2D eigenvalue weighted by molar-refractivity contribution is 7.22. The van der Waals surface area contributed by atoms with E-state index in [0.29, 0.717) is 33.6 Å². The molecule has 0 unspecified atom stereocenters. The summed E-state index contributed by atoms with van der Waals surface area (Å²) in [6.07, 6.45) is 0. The summed E-state index contributed by atoms with van der Waals surface area (Å²) < 4.78 is 16.6. The molecule has 0 radical (unpaired) electrons. The highest BCUT2D eigenvalue weighted by Gasteiger charge is 2.29. The van der Waals surface area contributed by atoms with Crippen LogP contribution in [-0.2, 0) is 0 Å². The molecular formula is C19H17ClFN7S. The molecule has 5 N–H and O–H groups in total. The lowest BCUT2D eigenvalue weighted by atomic mass is 10.0. The van der Waals surface area contributed by atoms with E-state index in [1.165, 1.54) is 11.3 Å². The van der Waals surface area contributed by atoms with E-state index in [-0.39, 0.29) is 21.9 Å². The normalized spacial score (nSPS) is 14.7. The van der Waals surface area contributed by atoms with Gasteiger partial charge in [-0.25, -0.2) is 14.4 Å². The number of thiazole rings is 1. The average Bonchev–Trinajstić information content (AvgIpc) is 3.03. The number of nitrogen functional groups attached to an aromatic ring is 2. The summed E-state index contributed by atoms with van der Waals surface area (Å²) in [5.74, 6) is 0.0544. The van der Waals surface area contributed by atoms with Gasteiger partial charge in [-0.05, 0) is 19.2 Å². The molecule has 1 aliphatic heterocycles. The molecule has 2 aromatic carbocycles. The molecule has 2 aromatic heterocycles. The van der Waals surface area contributed by atoms with Crippen LogP contribution in [0, 0.1) is 5.82 Å². The number of fused-ring (bicyclic) bond motifs is 2. The molecule has 0 bridgehead atoms. The number of aromatic nitrogens is 3. The largest absolute Gasteiger partial charge is 0.383 e. The lowest BCUT2D eigenvalue weighted by molar-refractivity contribution is 0.444. The molecular weight excluding hydrogens is 413 g/mol. The molecule has 10 heteroatoms. The molecule has 0 aliphatic carbocycles. The number of likely N-dealkylation sites (N-methyl/N-ethyl adjacent to an activating group) is 1. The van der Waals surface area contributed by atoms with Crippen molar-refractivity contribution in [3.8, 4) is 11.1 Å². The van der Waals surface area contributed by atoms with Crippen LogP contribution in [0.25, 0.3) is 32.2 Å². The monoisotopic (exact) mass is 429 g/mol. The Morgan fingerprint density at radius 3 is 2.76 bits per heavy atom. The van der Waals surface area contributed by atoms with E-state index < -0.39 is 5.82 Å². The first kappa shape index (κ1) is 18.3. The first-order valence-electron chi connectivity index (χ1n) is 8.99. The summed E-state index contributed by atoms with van der Waals surface area (Å²) in [6.45, 7) is 1.47. The highest BCUT2D eigenvalue weighted by Crippen LogP contribution is 2.41. The van der Waals surface area contributed by atoms with Crippen LogP contribution < -0.4 is 21.7 Å². The molecule has 3 heterocycles. The van der Waals surface area contributed by atoms with Gasteiger partial charge in [0.1, 0.15) is 11.3 Å². The standard InChI is InChI=1S/C19H17ClFN7S/c1-24-8-6-28(7-8)19-26-16-10(17(22)27-19)5-11(20)13(14(16)21)9-3-2-4-12-15(9)25-18(23)29-12/h2-5,8,24H,6-7H2,1H3,(H2,23,25)(H2,22,26,27). The zero-order valence-electron chi connectivity index (χ0n) is 15.4. The minimum absolute atomic E-state index is 0.139. The third-order valence-electron chi connectivity index (χ3n) is 5.18. The Hall–Kier alpha value is -2.75. The maximum atomic E-state index is 15.7. The van der Waals surface area contributed by atoms with Gasteiger partial charge in [0.05, 0.1) is 15.2 Å². The Bertz CT molecular complexity index is 1270. The van der Waals surface area contributed by atoms with Crippen LogP contribution in [0.15, 0.2) is 24.3 Å². The number of rotatable bonds is 3. The predicted molar refractivity (Wildman–Crippen MR) is 117 cm³/mol. The summed E-state index contributed by atoms with van der Waals surface area (Å²) in [5, 5.41) is 4.20. The summed E-state index contributed by atoms with van der Waals surface area (Å²) in [4.78, 5) is 15.1. The van der Waals surface area contributed by atoms with Crippen molar-refractivity contribution in [2.75, 3.05) is 36.5 Å². The zero-order chi connectivity index (χ0) is 20.3. The molecule has 4 aromatic rings. The molecule has 148 valence electrons. The van der Waals surface area contributed by atoms with Crippen molar-refractivity contribution in [1.82, 2.24) is 20.3 Å². The van der Waals surface area contributed by atoms with Crippen molar-refractivity contribution in [2.45, 2.75) is 6.04 Å². The Kier molecular flexibility index (Phi) is 4.19. The van der Waals surface area contributed by atoms with Crippen LogP contribution in [0.1, 0.15) is 0 Å². The molecule has 5 rings (SSSR count). The van der Waals surface area contributed by atoms with E-state index in [4.69, 9.17) is 23.1 Å². The quantitative estimate of drug-likeness (QED) is 0.459. The number of benzene rings is 2. The van der Waals surface area contributed by atoms with Gasteiger partial charge in [-0.15, -0.1) is 0 Å². The van der Waals surface area contributed by atoms with E-state index in [2.05, 4.69) is 20.3 Å². The van der Waals surface area contributed by atoms with Gasteiger partial charge in [0.25, 0.3) is 0 Å². The van der Waals surface area contributed by atoms with Gasteiger partial charge in [0.2, 0.25) is 5.95 Å². The van der Waals surface area contributed by atoms with Gasteiger partial charge in [-0.2, -0.15) is 4.98 Å². The first-order valence-corrected chi connectivity index (χ1v) is 10.2.